The molecule has 0 aromatic heterocycles. The van der Waals surface area contributed by atoms with E-state index in [1.54, 1.807) is 6.92 Å². The lowest BCUT2D eigenvalue weighted by molar-refractivity contribution is -0.109. The zero-order valence-corrected chi connectivity index (χ0v) is 5.09. The Morgan fingerprint density at radius 1 is 1.78 bits per heavy atom. The van der Waals surface area contributed by atoms with Gasteiger partial charge in [-0.15, -0.1) is 0 Å². The molecule has 0 saturated heterocycles. The van der Waals surface area contributed by atoms with E-state index in [2.05, 4.69) is 4.99 Å². The molecule has 0 aliphatic carbocycles. The lowest BCUT2D eigenvalue weighted by Gasteiger charge is -2.03. The first-order valence-electron chi connectivity index (χ1n) is 2.64. The summed E-state index contributed by atoms with van der Waals surface area (Å²) in [6.45, 7) is 1.83. The van der Waals surface area contributed by atoms with Gasteiger partial charge in [0.2, 0.25) is 5.78 Å². The molecule has 48 valence electrons. The maximum absolute atomic E-state index is 10.6. The number of hydrogen-bond donors (Lipinski definition) is 1. The fraction of sp³-hybridized carbons (Fsp3) is 0.333. The Balaban J connectivity index is 2.92. The van der Waals surface area contributed by atoms with E-state index in [4.69, 9.17) is 5.11 Å². The van der Waals surface area contributed by atoms with Gasteiger partial charge in [0.1, 0.15) is 5.76 Å². The molecule has 3 nitrogen and oxygen atoms in total. The van der Waals surface area contributed by atoms with Crippen molar-refractivity contribution in [2.75, 3.05) is 6.54 Å². The molecule has 1 aliphatic heterocycles. The van der Waals surface area contributed by atoms with E-state index >= 15 is 0 Å². The smallest absolute Gasteiger partial charge is 0.202 e. The summed E-state index contributed by atoms with van der Waals surface area (Å²) < 4.78 is 0. The highest BCUT2D eigenvalue weighted by molar-refractivity contribution is 6.35. The molecule has 1 heterocycles. The molecule has 0 spiro atoms. The minimum atomic E-state index is -0.196. The first-order valence-corrected chi connectivity index (χ1v) is 2.64. The zero-order valence-electron chi connectivity index (χ0n) is 5.09. The van der Waals surface area contributed by atoms with Crippen LogP contribution in [-0.4, -0.2) is 23.6 Å². The third kappa shape index (κ3) is 0.988. The molecule has 9 heavy (non-hydrogen) atoms. The first kappa shape index (κ1) is 6.01. The van der Waals surface area contributed by atoms with Gasteiger partial charge < -0.3 is 5.11 Å². The molecule has 0 bridgehead atoms. The fourth-order valence-corrected chi connectivity index (χ4v) is 0.573. The number of allylic oxidation sites excluding steroid dienone is 1. The molecular formula is C6H7NO2. The first-order chi connectivity index (χ1) is 4.22. The number of ketones is 1. The van der Waals surface area contributed by atoms with E-state index in [9.17, 15) is 4.79 Å². The summed E-state index contributed by atoms with van der Waals surface area (Å²) in [7, 11) is 0. The number of aliphatic hydroxyl groups is 1. The highest BCUT2D eigenvalue weighted by Crippen LogP contribution is 2.05. The lowest BCUT2D eigenvalue weighted by Crippen LogP contribution is -2.11. The monoisotopic (exact) mass is 125 g/mol. The zero-order chi connectivity index (χ0) is 6.85. The number of rotatable bonds is 0. The third-order valence-corrected chi connectivity index (χ3v) is 1.25. The van der Waals surface area contributed by atoms with Crippen molar-refractivity contribution in [3.05, 3.63) is 11.3 Å². The summed E-state index contributed by atoms with van der Waals surface area (Å²) in [5, 5.41) is 8.89. The van der Waals surface area contributed by atoms with Crippen LogP contribution in [0.5, 0.6) is 0 Å². The summed E-state index contributed by atoms with van der Waals surface area (Å²) in [5.74, 6) is -0.110. The molecule has 3 heteroatoms. The van der Waals surface area contributed by atoms with E-state index in [1.165, 1.54) is 6.21 Å². The molecule has 0 aromatic carbocycles. The van der Waals surface area contributed by atoms with E-state index in [0.717, 1.165) is 0 Å². The number of nitrogens with zero attached hydrogens (tertiary/aromatic N) is 1. The average Bonchev–Trinajstić information content (AvgIpc) is 1.83. The molecule has 1 aliphatic rings. The van der Waals surface area contributed by atoms with Crippen LogP contribution in [0.15, 0.2) is 16.3 Å². The predicted molar refractivity (Wildman–Crippen MR) is 33.7 cm³/mol. The van der Waals surface area contributed by atoms with Crippen molar-refractivity contribution in [1.82, 2.24) is 0 Å². The molecule has 0 saturated carbocycles. The maximum Gasteiger partial charge on any atom is 0.202 e. The van der Waals surface area contributed by atoms with Crippen LogP contribution in [0.2, 0.25) is 0 Å². The number of dihydropyridines is 1. The number of hydrogen-bond acceptors (Lipinski definition) is 3. The molecule has 0 aromatic rings. The number of carbonyl (C=O) groups excluding carboxylic acids is 1. The molecule has 0 atom stereocenters. The van der Waals surface area contributed by atoms with Gasteiger partial charge in [-0.2, -0.15) is 0 Å². The normalized spacial score (nSPS) is 19.0. The summed E-state index contributed by atoms with van der Waals surface area (Å²) in [6, 6.07) is 0. The van der Waals surface area contributed by atoms with Crippen molar-refractivity contribution in [1.29, 1.82) is 0 Å². The molecular weight excluding hydrogens is 118 g/mol. The molecule has 1 rings (SSSR count). The average molecular weight is 125 g/mol. The molecule has 0 unspecified atom stereocenters. The Kier molecular flexibility index (Phi) is 1.34. The van der Waals surface area contributed by atoms with E-state index in [0.29, 0.717) is 5.57 Å². The van der Waals surface area contributed by atoms with Gasteiger partial charge >= 0.3 is 0 Å². The van der Waals surface area contributed by atoms with Gasteiger partial charge in [-0.05, 0) is 6.92 Å². The molecule has 0 radical (unpaired) electrons. The number of carbonyl (C=O) groups is 1. The fourth-order valence-electron chi connectivity index (χ4n) is 0.573. The summed E-state index contributed by atoms with van der Waals surface area (Å²) in [4.78, 5) is 14.2. The molecule has 1 N–H and O–H groups in total. The van der Waals surface area contributed by atoms with Gasteiger partial charge in [-0.1, -0.05) is 0 Å². The van der Waals surface area contributed by atoms with E-state index < -0.39 is 0 Å². The van der Waals surface area contributed by atoms with Crippen LogP contribution in [0.3, 0.4) is 0 Å². The minimum absolute atomic E-state index is 0.0856. The summed E-state index contributed by atoms with van der Waals surface area (Å²) >= 11 is 0. The number of aliphatic imine (C=N–C) groups is 1. The minimum Gasteiger partial charge on any atom is -0.510 e. The van der Waals surface area contributed by atoms with Crippen LogP contribution in [0.1, 0.15) is 6.92 Å². The van der Waals surface area contributed by atoms with Crippen LogP contribution in [0.4, 0.5) is 0 Å². The van der Waals surface area contributed by atoms with Gasteiger partial charge in [0.05, 0.1) is 12.8 Å². The number of aliphatic hydroxyl groups excluding tert-OH is 1. The highest BCUT2D eigenvalue weighted by atomic mass is 16.3. The van der Waals surface area contributed by atoms with Crippen molar-refractivity contribution in [3.8, 4) is 0 Å². The Morgan fingerprint density at radius 3 is 2.89 bits per heavy atom. The standard InChI is InChI=1S/C6H7NO2/c1-4-5(8)2-7-3-6(4)9/h2,9H,3H2,1H3. The molecule has 0 amide bonds. The number of Topliss-reactive ketones (excluding diaryl/α,β-unsaturated/α-hetero) is 1. The highest BCUT2D eigenvalue weighted by Gasteiger charge is 2.10. The van der Waals surface area contributed by atoms with Crippen molar-refractivity contribution in [2.45, 2.75) is 6.92 Å². The van der Waals surface area contributed by atoms with Gasteiger partial charge in [-0.25, -0.2) is 0 Å². The van der Waals surface area contributed by atoms with Crippen molar-refractivity contribution < 1.29 is 9.90 Å². The van der Waals surface area contributed by atoms with Crippen molar-refractivity contribution in [3.63, 3.8) is 0 Å². The Bertz CT molecular complexity index is 203. The largest absolute Gasteiger partial charge is 0.510 e. The van der Waals surface area contributed by atoms with Crippen LogP contribution < -0.4 is 0 Å². The van der Waals surface area contributed by atoms with Gasteiger partial charge in [-0.3, -0.25) is 9.79 Å². The van der Waals surface area contributed by atoms with Gasteiger partial charge in [0, 0.05) is 5.57 Å². The second-order valence-electron chi connectivity index (χ2n) is 1.91. The summed E-state index contributed by atoms with van der Waals surface area (Å²) in [5.41, 5.74) is 0.407. The van der Waals surface area contributed by atoms with Crippen LogP contribution in [-0.2, 0) is 4.79 Å². The van der Waals surface area contributed by atoms with Gasteiger partial charge in [0.25, 0.3) is 0 Å². The predicted octanol–water partition coefficient (Wildman–Crippen LogP) is 0.472. The van der Waals surface area contributed by atoms with E-state index in [1.807, 2.05) is 0 Å². The Labute approximate surface area is 52.7 Å². The molecule has 0 fully saturated rings. The topological polar surface area (TPSA) is 49.7 Å². The lowest BCUT2D eigenvalue weighted by atomic mass is 10.1. The second-order valence-corrected chi connectivity index (χ2v) is 1.91. The van der Waals surface area contributed by atoms with Crippen molar-refractivity contribution >= 4 is 12.0 Å². The van der Waals surface area contributed by atoms with E-state index in [-0.39, 0.29) is 18.1 Å². The third-order valence-electron chi connectivity index (χ3n) is 1.25. The van der Waals surface area contributed by atoms with Gasteiger partial charge in [0.15, 0.2) is 0 Å². The quantitative estimate of drug-likeness (QED) is 0.511. The summed E-state index contributed by atoms with van der Waals surface area (Å²) in [6.07, 6.45) is 1.23. The second kappa shape index (κ2) is 2.01. The maximum atomic E-state index is 10.6. The van der Waals surface area contributed by atoms with Crippen LogP contribution in [0.25, 0.3) is 0 Å². The SMILES string of the molecule is CC1=C(O)CN=CC1=O. The van der Waals surface area contributed by atoms with Crippen molar-refractivity contribution in [2.24, 2.45) is 4.99 Å². The Morgan fingerprint density at radius 2 is 2.44 bits per heavy atom. The van der Waals surface area contributed by atoms with Crippen LogP contribution in [0, 0.1) is 0 Å². The Hall–Kier alpha value is -1.12. The van der Waals surface area contributed by atoms with Crippen LogP contribution >= 0.6 is 0 Å².